The van der Waals surface area contributed by atoms with Crippen LogP contribution < -0.4 is 16.4 Å². The lowest BCUT2D eigenvalue weighted by molar-refractivity contribution is -0.117. The van der Waals surface area contributed by atoms with Crippen LogP contribution in [0.2, 0.25) is 0 Å². The van der Waals surface area contributed by atoms with Crippen LogP contribution in [0.25, 0.3) is 0 Å². The molecule has 0 atom stereocenters. The smallest absolute Gasteiger partial charge is 0.263 e. The Hall–Kier alpha value is -3.26. The number of benzene rings is 2. The maximum Gasteiger partial charge on any atom is 0.263 e. The highest BCUT2D eigenvalue weighted by atomic mass is 16.1. The van der Waals surface area contributed by atoms with Crippen LogP contribution in [0.4, 0.5) is 11.4 Å². The zero-order chi connectivity index (χ0) is 16.7. The van der Waals surface area contributed by atoms with Crippen molar-refractivity contribution in [2.24, 2.45) is 0 Å². The minimum atomic E-state index is -0.436. The van der Waals surface area contributed by atoms with Crippen LogP contribution >= 0.6 is 0 Å². The Balaban J connectivity index is 2.00. The standard InChI is InChI=1S/C18H18N4O/c1-13-7-8-17(16(20)9-13)21-12-15(10-19)18(23)22-11-14-5-3-2-4-6-14/h2-9,12,21H,11,20H2,1H3,(H,22,23)/b15-12-. The molecule has 2 aromatic rings. The zero-order valence-corrected chi connectivity index (χ0v) is 12.8. The summed E-state index contributed by atoms with van der Waals surface area (Å²) in [6.07, 6.45) is 1.36. The van der Waals surface area contributed by atoms with Crippen molar-refractivity contribution in [3.05, 3.63) is 71.4 Å². The summed E-state index contributed by atoms with van der Waals surface area (Å²) in [5.41, 5.74) is 9.09. The number of nitrogens with zero attached hydrogens (tertiary/aromatic N) is 1. The second kappa shape index (κ2) is 7.66. The van der Waals surface area contributed by atoms with Crippen LogP contribution in [0.15, 0.2) is 60.3 Å². The van der Waals surface area contributed by atoms with Gasteiger partial charge in [-0.1, -0.05) is 36.4 Å². The Morgan fingerprint density at radius 1 is 1.26 bits per heavy atom. The molecule has 0 saturated carbocycles. The van der Waals surface area contributed by atoms with Crippen molar-refractivity contribution < 1.29 is 4.79 Å². The van der Waals surface area contributed by atoms with Crippen LogP contribution in [-0.4, -0.2) is 5.91 Å². The molecule has 116 valence electrons. The first-order valence-corrected chi connectivity index (χ1v) is 7.15. The highest BCUT2D eigenvalue weighted by Gasteiger charge is 2.08. The van der Waals surface area contributed by atoms with E-state index in [4.69, 9.17) is 11.0 Å². The quantitative estimate of drug-likeness (QED) is 0.450. The number of nitriles is 1. The molecule has 0 unspecified atom stereocenters. The minimum Gasteiger partial charge on any atom is -0.397 e. The van der Waals surface area contributed by atoms with E-state index in [0.29, 0.717) is 17.9 Å². The summed E-state index contributed by atoms with van der Waals surface area (Å²) in [5.74, 6) is -0.436. The van der Waals surface area contributed by atoms with E-state index in [1.54, 1.807) is 6.07 Å². The molecule has 0 aliphatic carbocycles. The summed E-state index contributed by atoms with van der Waals surface area (Å²) >= 11 is 0. The number of anilines is 2. The van der Waals surface area contributed by atoms with Gasteiger partial charge in [-0.2, -0.15) is 5.26 Å². The molecule has 0 heterocycles. The van der Waals surface area contributed by atoms with Gasteiger partial charge in [-0.05, 0) is 30.2 Å². The van der Waals surface area contributed by atoms with Crippen molar-refractivity contribution in [3.8, 4) is 6.07 Å². The van der Waals surface area contributed by atoms with Gasteiger partial charge in [0.2, 0.25) is 0 Å². The Labute approximate surface area is 135 Å². The van der Waals surface area contributed by atoms with E-state index in [1.165, 1.54) is 6.20 Å². The van der Waals surface area contributed by atoms with Crippen LogP contribution in [0, 0.1) is 18.3 Å². The first-order valence-electron chi connectivity index (χ1n) is 7.15. The molecule has 0 aliphatic heterocycles. The topological polar surface area (TPSA) is 90.9 Å². The molecule has 4 N–H and O–H groups in total. The molecule has 0 aliphatic rings. The van der Waals surface area contributed by atoms with Crippen LogP contribution in [0.1, 0.15) is 11.1 Å². The van der Waals surface area contributed by atoms with Crippen LogP contribution in [-0.2, 0) is 11.3 Å². The monoisotopic (exact) mass is 306 g/mol. The molecule has 1 amide bonds. The van der Waals surface area contributed by atoms with Gasteiger partial charge in [0.25, 0.3) is 5.91 Å². The molecule has 5 heteroatoms. The number of hydrogen-bond donors (Lipinski definition) is 3. The number of nitrogens with two attached hydrogens (primary N) is 1. The molecule has 0 aromatic heterocycles. The normalized spacial score (nSPS) is 10.7. The number of rotatable bonds is 5. The number of nitrogen functional groups attached to an aromatic ring is 1. The first-order chi connectivity index (χ1) is 11.1. The van der Waals surface area contributed by atoms with Gasteiger partial charge in [-0.15, -0.1) is 0 Å². The fourth-order valence-electron chi connectivity index (χ4n) is 1.99. The van der Waals surface area contributed by atoms with Crippen molar-refractivity contribution in [2.45, 2.75) is 13.5 Å². The molecule has 0 spiro atoms. The average molecular weight is 306 g/mol. The number of amides is 1. The lowest BCUT2D eigenvalue weighted by Gasteiger charge is -2.07. The van der Waals surface area contributed by atoms with Crippen LogP contribution in [0.5, 0.6) is 0 Å². The second-order valence-corrected chi connectivity index (χ2v) is 5.07. The first kappa shape index (κ1) is 16.1. The van der Waals surface area contributed by atoms with Gasteiger partial charge in [0, 0.05) is 12.7 Å². The van der Waals surface area contributed by atoms with Gasteiger partial charge in [0.1, 0.15) is 11.6 Å². The summed E-state index contributed by atoms with van der Waals surface area (Å²) in [4.78, 5) is 12.0. The zero-order valence-electron chi connectivity index (χ0n) is 12.8. The van der Waals surface area contributed by atoms with Gasteiger partial charge in [-0.3, -0.25) is 4.79 Å². The minimum absolute atomic E-state index is 0.0130. The number of carbonyl (C=O) groups is 1. The SMILES string of the molecule is Cc1ccc(N/C=C(/C#N)C(=O)NCc2ccccc2)c(N)c1. The average Bonchev–Trinajstić information content (AvgIpc) is 2.56. The Morgan fingerprint density at radius 2 is 2.00 bits per heavy atom. The third kappa shape index (κ3) is 4.61. The van der Waals surface area contributed by atoms with Crippen molar-refractivity contribution in [3.63, 3.8) is 0 Å². The summed E-state index contributed by atoms with van der Waals surface area (Å²) in [6, 6.07) is 16.9. The van der Waals surface area contributed by atoms with E-state index in [1.807, 2.05) is 55.5 Å². The molecule has 0 bridgehead atoms. The fourth-order valence-corrected chi connectivity index (χ4v) is 1.99. The Kier molecular flexibility index (Phi) is 5.37. The lowest BCUT2D eigenvalue weighted by atomic mass is 10.2. The Morgan fingerprint density at radius 3 is 2.65 bits per heavy atom. The predicted octanol–water partition coefficient (Wildman–Crippen LogP) is 2.71. The summed E-state index contributed by atoms with van der Waals surface area (Å²) in [7, 11) is 0. The number of hydrogen-bond acceptors (Lipinski definition) is 4. The summed E-state index contributed by atoms with van der Waals surface area (Å²) < 4.78 is 0. The van der Waals surface area contributed by atoms with Crippen molar-refractivity contribution in [2.75, 3.05) is 11.1 Å². The van der Waals surface area contributed by atoms with E-state index in [9.17, 15) is 4.79 Å². The molecule has 5 nitrogen and oxygen atoms in total. The van der Waals surface area contributed by atoms with E-state index >= 15 is 0 Å². The molecule has 23 heavy (non-hydrogen) atoms. The van der Waals surface area contributed by atoms with Gasteiger partial charge in [0.15, 0.2) is 0 Å². The molecule has 0 fully saturated rings. The summed E-state index contributed by atoms with van der Waals surface area (Å²) in [6.45, 7) is 2.30. The maximum absolute atomic E-state index is 12.0. The molecular formula is C18H18N4O. The van der Waals surface area contributed by atoms with Crippen LogP contribution in [0.3, 0.4) is 0 Å². The van der Waals surface area contributed by atoms with Crippen molar-refractivity contribution in [1.29, 1.82) is 5.26 Å². The van der Waals surface area contributed by atoms with E-state index in [-0.39, 0.29) is 5.57 Å². The number of carbonyl (C=O) groups excluding carboxylic acids is 1. The third-order valence-corrected chi connectivity index (χ3v) is 3.24. The summed E-state index contributed by atoms with van der Waals surface area (Å²) in [5, 5.41) is 14.7. The lowest BCUT2D eigenvalue weighted by Crippen LogP contribution is -2.24. The highest BCUT2D eigenvalue weighted by molar-refractivity contribution is 5.97. The van der Waals surface area contributed by atoms with Gasteiger partial charge in [0.05, 0.1) is 11.4 Å². The van der Waals surface area contributed by atoms with E-state index < -0.39 is 5.91 Å². The van der Waals surface area contributed by atoms with Gasteiger partial charge in [-0.25, -0.2) is 0 Å². The van der Waals surface area contributed by atoms with E-state index in [2.05, 4.69) is 10.6 Å². The second-order valence-electron chi connectivity index (χ2n) is 5.07. The molecule has 0 radical (unpaired) electrons. The number of aryl methyl sites for hydroxylation is 1. The van der Waals surface area contributed by atoms with Crippen molar-refractivity contribution >= 4 is 17.3 Å². The highest BCUT2D eigenvalue weighted by Crippen LogP contribution is 2.19. The molecule has 0 saturated heterocycles. The molecule has 2 rings (SSSR count). The third-order valence-electron chi connectivity index (χ3n) is 3.24. The molecule has 2 aromatic carbocycles. The van der Waals surface area contributed by atoms with Gasteiger partial charge >= 0.3 is 0 Å². The predicted molar refractivity (Wildman–Crippen MR) is 91.2 cm³/mol. The van der Waals surface area contributed by atoms with Crippen molar-refractivity contribution in [1.82, 2.24) is 5.32 Å². The van der Waals surface area contributed by atoms with E-state index in [0.717, 1.165) is 11.1 Å². The Bertz CT molecular complexity index is 760. The number of nitrogens with one attached hydrogen (secondary N) is 2. The maximum atomic E-state index is 12.0. The molecular weight excluding hydrogens is 288 g/mol. The van der Waals surface area contributed by atoms with Gasteiger partial charge < -0.3 is 16.4 Å². The largest absolute Gasteiger partial charge is 0.397 e. The fraction of sp³-hybridized carbons (Fsp3) is 0.111.